The van der Waals surface area contributed by atoms with Gasteiger partial charge in [-0.25, -0.2) is 0 Å². The average Bonchev–Trinajstić information content (AvgIpc) is 3.43. The Bertz CT molecular complexity index is 895. The Kier molecular flexibility index (Phi) is 4.70. The van der Waals surface area contributed by atoms with Gasteiger partial charge in [-0.3, -0.25) is 9.59 Å². The van der Waals surface area contributed by atoms with Crippen LogP contribution in [0.1, 0.15) is 48.1 Å². The van der Waals surface area contributed by atoms with Gasteiger partial charge in [0.2, 0.25) is 11.8 Å². The SMILES string of the molecule is Cc1[nH]c2c(C)ccc(C)c2c1CC(=O)N[C@H]1CCCN(C(=O)C2CC2)C1. The molecular weight excluding hydrogens is 338 g/mol. The molecular formula is C22H29N3O2. The number of nitrogens with one attached hydrogen (secondary N) is 2. The molecule has 1 atom stereocenters. The number of piperidine rings is 1. The summed E-state index contributed by atoms with van der Waals surface area (Å²) in [6.07, 6.45) is 4.36. The number of nitrogens with zero attached hydrogens (tertiary/aromatic N) is 1. The molecule has 1 aliphatic carbocycles. The zero-order valence-corrected chi connectivity index (χ0v) is 16.5. The van der Waals surface area contributed by atoms with Crippen molar-refractivity contribution >= 4 is 22.7 Å². The van der Waals surface area contributed by atoms with Crippen molar-refractivity contribution in [1.82, 2.24) is 15.2 Å². The molecule has 0 unspecified atom stereocenters. The zero-order valence-electron chi connectivity index (χ0n) is 16.5. The number of hydrogen-bond acceptors (Lipinski definition) is 2. The van der Waals surface area contributed by atoms with Crippen molar-refractivity contribution in [2.45, 2.75) is 58.9 Å². The Labute approximate surface area is 160 Å². The van der Waals surface area contributed by atoms with Crippen LogP contribution in [-0.2, 0) is 16.0 Å². The Morgan fingerprint density at radius 1 is 1.15 bits per heavy atom. The van der Waals surface area contributed by atoms with Crippen LogP contribution in [0.15, 0.2) is 12.1 Å². The number of amides is 2. The molecule has 0 spiro atoms. The summed E-state index contributed by atoms with van der Waals surface area (Å²) in [7, 11) is 0. The Hall–Kier alpha value is -2.30. The lowest BCUT2D eigenvalue weighted by Crippen LogP contribution is -2.50. The van der Waals surface area contributed by atoms with Gasteiger partial charge in [-0.2, -0.15) is 0 Å². The van der Waals surface area contributed by atoms with Gasteiger partial charge < -0.3 is 15.2 Å². The fourth-order valence-electron chi connectivity index (χ4n) is 4.36. The number of likely N-dealkylation sites (tertiary alicyclic amines) is 1. The van der Waals surface area contributed by atoms with Gasteiger partial charge in [0, 0.05) is 41.6 Å². The van der Waals surface area contributed by atoms with Crippen molar-refractivity contribution in [3.8, 4) is 0 Å². The maximum absolute atomic E-state index is 12.8. The van der Waals surface area contributed by atoms with Crippen LogP contribution in [0, 0.1) is 26.7 Å². The Morgan fingerprint density at radius 2 is 1.89 bits per heavy atom. The van der Waals surface area contributed by atoms with Crippen LogP contribution in [-0.4, -0.2) is 40.8 Å². The molecule has 144 valence electrons. The summed E-state index contributed by atoms with van der Waals surface area (Å²) >= 11 is 0. The molecule has 4 rings (SSSR count). The van der Waals surface area contributed by atoms with E-state index < -0.39 is 0 Å². The molecule has 2 N–H and O–H groups in total. The molecule has 1 aromatic heterocycles. The summed E-state index contributed by atoms with van der Waals surface area (Å²) in [4.78, 5) is 30.5. The summed E-state index contributed by atoms with van der Waals surface area (Å²) in [5, 5.41) is 4.36. The highest BCUT2D eigenvalue weighted by molar-refractivity contribution is 5.94. The number of carbonyl (C=O) groups excluding carboxylic acids is 2. The van der Waals surface area contributed by atoms with Crippen molar-refractivity contribution in [3.63, 3.8) is 0 Å². The summed E-state index contributed by atoms with van der Waals surface area (Å²) < 4.78 is 0. The first-order valence-corrected chi connectivity index (χ1v) is 10.1. The number of carbonyl (C=O) groups is 2. The molecule has 2 heterocycles. The lowest BCUT2D eigenvalue weighted by Gasteiger charge is -2.33. The van der Waals surface area contributed by atoms with Crippen LogP contribution in [0.2, 0.25) is 0 Å². The van der Waals surface area contributed by atoms with E-state index in [-0.39, 0.29) is 23.8 Å². The van der Waals surface area contributed by atoms with Crippen LogP contribution in [0.3, 0.4) is 0 Å². The Morgan fingerprint density at radius 3 is 2.63 bits per heavy atom. The average molecular weight is 367 g/mol. The molecule has 0 radical (unpaired) electrons. The highest BCUT2D eigenvalue weighted by Crippen LogP contribution is 2.32. The van der Waals surface area contributed by atoms with Crippen molar-refractivity contribution in [2.75, 3.05) is 13.1 Å². The first-order valence-electron chi connectivity index (χ1n) is 10.1. The normalized spacial score (nSPS) is 20.1. The fourth-order valence-corrected chi connectivity index (χ4v) is 4.36. The van der Waals surface area contributed by atoms with Crippen LogP contribution in [0.25, 0.3) is 10.9 Å². The smallest absolute Gasteiger partial charge is 0.225 e. The van der Waals surface area contributed by atoms with Gasteiger partial charge in [0.1, 0.15) is 0 Å². The van der Waals surface area contributed by atoms with Crippen molar-refractivity contribution < 1.29 is 9.59 Å². The van der Waals surface area contributed by atoms with E-state index in [1.165, 1.54) is 16.5 Å². The standard InChI is InChI=1S/C22H29N3O2/c1-13-6-7-14(2)21-20(13)18(15(3)23-21)11-19(26)24-17-5-4-10-25(12-17)22(27)16-8-9-16/h6-7,16-17,23H,4-5,8-12H2,1-3H3,(H,24,26)/t17-/m0/s1. The summed E-state index contributed by atoms with van der Waals surface area (Å²) in [6, 6.07) is 4.31. The number of rotatable bonds is 4. The monoisotopic (exact) mass is 367 g/mol. The molecule has 2 aromatic rings. The first kappa shape index (κ1) is 18.1. The zero-order chi connectivity index (χ0) is 19.1. The second kappa shape index (κ2) is 7.02. The van der Waals surface area contributed by atoms with Crippen LogP contribution in [0.5, 0.6) is 0 Å². The highest BCUT2D eigenvalue weighted by Gasteiger charge is 2.35. The second-order valence-electron chi connectivity index (χ2n) is 8.32. The minimum absolute atomic E-state index is 0.0469. The third-order valence-corrected chi connectivity index (χ3v) is 6.05. The maximum atomic E-state index is 12.8. The maximum Gasteiger partial charge on any atom is 0.225 e. The fraction of sp³-hybridized carbons (Fsp3) is 0.545. The van der Waals surface area contributed by atoms with Crippen molar-refractivity contribution in [3.05, 3.63) is 34.5 Å². The topological polar surface area (TPSA) is 65.2 Å². The van der Waals surface area contributed by atoms with Gasteiger partial charge in [-0.1, -0.05) is 12.1 Å². The third-order valence-electron chi connectivity index (χ3n) is 6.05. The first-order chi connectivity index (χ1) is 12.9. The number of aromatic nitrogens is 1. The predicted octanol–water partition coefficient (Wildman–Crippen LogP) is 3.15. The van der Waals surface area contributed by atoms with E-state index in [9.17, 15) is 9.59 Å². The lowest BCUT2D eigenvalue weighted by atomic mass is 10.00. The van der Waals surface area contributed by atoms with E-state index in [0.717, 1.165) is 49.0 Å². The Balaban J connectivity index is 1.45. The molecule has 2 aliphatic rings. The molecule has 5 nitrogen and oxygen atoms in total. The number of H-pyrrole nitrogens is 1. The van der Waals surface area contributed by atoms with Gasteiger partial charge in [-0.15, -0.1) is 0 Å². The molecule has 1 aromatic carbocycles. The largest absolute Gasteiger partial charge is 0.358 e. The van der Waals surface area contributed by atoms with Gasteiger partial charge in [0.05, 0.1) is 6.42 Å². The van der Waals surface area contributed by atoms with Crippen LogP contribution >= 0.6 is 0 Å². The van der Waals surface area contributed by atoms with E-state index in [1.807, 2.05) is 11.8 Å². The van der Waals surface area contributed by atoms with E-state index in [2.05, 4.69) is 36.3 Å². The van der Waals surface area contributed by atoms with Gasteiger partial charge >= 0.3 is 0 Å². The molecule has 1 aliphatic heterocycles. The summed E-state index contributed by atoms with van der Waals surface area (Å²) in [5.41, 5.74) is 5.68. The van der Waals surface area contributed by atoms with Gasteiger partial charge in [0.25, 0.3) is 0 Å². The quantitative estimate of drug-likeness (QED) is 0.872. The minimum atomic E-state index is 0.0469. The van der Waals surface area contributed by atoms with Crippen LogP contribution < -0.4 is 5.32 Å². The van der Waals surface area contributed by atoms with E-state index >= 15 is 0 Å². The van der Waals surface area contributed by atoms with E-state index in [1.54, 1.807) is 0 Å². The summed E-state index contributed by atoms with van der Waals surface area (Å²) in [5.74, 6) is 0.581. The number of aromatic amines is 1. The third kappa shape index (κ3) is 3.60. The van der Waals surface area contributed by atoms with Gasteiger partial charge in [-0.05, 0) is 63.1 Å². The van der Waals surface area contributed by atoms with Gasteiger partial charge in [0.15, 0.2) is 0 Å². The minimum Gasteiger partial charge on any atom is -0.358 e. The molecule has 1 saturated carbocycles. The second-order valence-corrected chi connectivity index (χ2v) is 8.32. The predicted molar refractivity (Wildman–Crippen MR) is 107 cm³/mol. The number of benzene rings is 1. The summed E-state index contributed by atoms with van der Waals surface area (Å²) in [6.45, 7) is 7.72. The van der Waals surface area contributed by atoms with Crippen LogP contribution in [0.4, 0.5) is 0 Å². The molecule has 5 heteroatoms. The van der Waals surface area contributed by atoms with E-state index in [0.29, 0.717) is 13.0 Å². The number of hydrogen-bond donors (Lipinski definition) is 2. The molecule has 2 fully saturated rings. The van der Waals surface area contributed by atoms with Crippen molar-refractivity contribution in [1.29, 1.82) is 0 Å². The number of fused-ring (bicyclic) bond motifs is 1. The molecule has 0 bridgehead atoms. The molecule has 1 saturated heterocycles. The molecule has 27 heavy (non-hydrogen) atoms. The molecule has 2 amide bonds. The highest BCUT2D eigenvalue weighted by atomic mass is 16.2. The lowest BCUT2D eigenvalue weighted by molar-refractivity contribution is -0.134. The number of aryl methyl sites for hydroxylation is 3. The van der Waals surface area contributed by atoms with E-state index in [4.69, 9.17) is 0 Å². The van der Waals surface area contributed by atoms with Crippen molar-refractivity contribution in [2.24, 2.45) is 5.92 Å².